The van der Waals surface area contributed by atoms with Crippen LogP contribution in [0.1, 0.15) is 34.1 Å². The van der Waals surface area contributed by atoms with Gasteiger partial charge in [-0.1, -0.05) is 26.8 Å². The summed E-state index contributed by atoms with van der Waals surface area (Å²) in [4.78, 5) is 6.98. The number of anilines is 2. The van der Waals surface area contributed by atoms with Gasteiger partial charge in [0.25, 0.3) is 0 Å². The van der Waals surface area contributed by atoms with Crippen molar-refractivity contribution in [3.63, 3.8) is 0 Å². The Morgan fingerprint density at radius 2 is 1.84 bits per heavy atom. The van der Waals surface area contributed by atoms with Gasteiger partial charge in [0.05, 0.1) is 0 Å². The van der Waals surface area contributed by atoms with Gasteiger partial charge in [0.1, 0.15) is 11.6 Å². The van der Waals surface area contributed by atoms with E-state index in [-0.39, 0.29) is 0 Å². The summed E-state index contributed by atoms with van der Waals surface area (Å²) >= 11 is 0. The van der Waals surface area contributed by atoms with Crippen LogP contribution >= 0.6 is 0 Å². The number of nitrogens with one attached hydrogen (secondary N) is 2. The van der Waals surface area contributed by atoms with E-state index in [4.69, 9.17) is 0 Å². The third kappa shape index (κ3) is 5.92. The summed E-state index contributed by atoms with van der Waals surface area (Å²) in [6, 6.07) is 6.47. The topological polar surface area (TPSA) is 40.2 Å². The highest BCUT2D eigenvalue weighted by atomic mass is 15.2. The zero-order chi connectivity index (χ0) is 14.1. The van der Waals surface area contributed by atoms with Crippen LogP contribution in [0.2, 0.25) is 0 Å². The Labute approximate surface area is 117 Å². The quantitative estimate of drug-likeness (QED) is 0.719. The Kier molecular flexibility index (Phi) is 7.26. The van der Waals surface area contributed by atoms with Gasteiger partial charge in [-0.3, -0.25) is 0 Å². The predicted octanol–water partition coefficient (Wildman–Crippen LogP) is 3.05. The second-order valence-corrected chi connectivity index (χ2v) is 4.87. The van der Waals surface area contributed by atoms with E-state index in [2.05, 4.69) is 48.2 Å². The van der Waals surface area contributed by atoms with Crippen molar-refractivity contribution in [2.75, 3.05) is 36.8 Å². The molecule has 0 aliphatic rings. The number of rotatable bonds is 9. The fourth-order valence-corrected chi connectivity index (χ4v) is 2.03. The summed E-state index contributed by atoms with van der Waals surface area (Å²) in [5, 5.41) is 6.77. The lowest BCUT2D eigenvalue weighted by Gasteiger charge is -2.23. The Morgan fingerprint density at radius 3 is 2.47 bits per heavy atom. The molecule has 1 rings (SSSR count). The minimum atomic E-state index is 0.397. The molecule has 4 nitrogen and oxygen atoms in total. The number of hydrogen-bond acceptors (Lipinski definition) is 4. The molecular formula is C15H28N4. The van der Waals surface area contributed by atoms with Crippen LogP contribution in [0.4, 0.5) is 11.6 Å². The van der Waals surface area contributed by atoms with Crippen molar-refractivity contribution >= 4 is 11.6 Å². The van der Waals surface area contributed by atoms with Crippen molar-refractivity contribution in [1.82, 2.24) is 9.88 Å². The van der Waals surface area contributed by atoms with Crippen molar-refractivity contribution in [3.05, 3.63) is 18.2 Å². The molecule has 0 saturated carbocycles. The van der Waals surface area contributed by atoms with Gasteiger partial charge < -0.3 is 15.5 Å². The fraction of sp³-hybridized carbons (Fsp3) is 0.667. The summed E-state index contributed by atoms with van der Waals surface area (Å²) < 4.78 is 0. The van der Waals surface area contributed by atoms with E-state index in [0.717, 1.165) is 44.2 Å². The largest absolute Gasteiger partial charge is 0.370 e. The van der Waals surface area contributed by atoms with Crippen LogP contribution in [0, 0.1) is 0 Å². The lowest BCUT2D eigenvalue weighted by molar-refractivity contribution is 0.294. The molecule has 0 spiro atoms. The summed E-state index contributed by atoms with van der Waals surface area (Å²) in [6.07, 6.45) is 1.11. The van der Waals surface area contributed by atoms with E-state index in [1.807, 2.05) is 18.2 Å². The molecule has 1 heterocycles. The maximum Gasteiger partial charge on any atom is 0.128 e. The van der Waals surface area contributed by atoms with Crippen molar-refractivity contribution in [3.8, 4) is 0 Å². The lowest BCUT2D eigenvalue weighted by Crippen LogP contribution is -2.34. The number of aromatic nitrogens is 1. The third-order valence-corrected chi connectivity index (χ3v) is 3.13. The van der Waals surface area contributed by atoms with Crippen LogP contribution in [0.3, 0.4) is 0 Å². The van der Waals surface area contributed by atoms with Gasteiger partial charge in [-0.2, -0.15) is 0 Å². The highest BCUT2D eigenvalue weighted by Gasteiger charge is 2.07. The summed E-state index contributed by atoms with van der Waals surface area (Å²) in [7, 11) is 0. The lowest BCUT2D eigenvalue weighted by atomic mass is 10.3. The first-order valence-electron chi connectivity index (χ1n) is 7.39. The number of hydrogen-bond donors (Lipinski definition) is 2. The smallest absolute Gasteiger partial charge is 0.128 e. The summed E-state index contributed by atoms with van der Waals surface area (Å²) in [6.45, 7) is 12.9. The average molecular weight is 264 g/mol. The Hall–Kier alpha value is -1.29. The molecule has 4 heteroatoms. The SMILES string of the molecule is CCCNc1cccc(NC(C)CN(CC)CC)n1. The van der Waals surface area contributed by atoms with Gasteiger partial charge in [0.15, 0.2) is 0 Å². The van der Waals surface area contributed by atoms with Crippen LogP contribution in [0.5, 0.6) is 0 Å². The molecule has 108 valence electrons. The van der Waals surface area contributed by atoms with E-state index in [1.165, 1.54) is 0 Å². The molecule has 0 saturated heterocycles. The van der Waals surface area contributed by atoms with Gasteiger partial charge in [-0.15, -0.1) is 0 Å². The standard InChI is InChI=1S/C15H28N4/c1-5-11-16-14-9-8-10-15(18-14)17-13(4)12-19(6-2)7-3/h8-10,13H,5-7,11-12H2,1-4H3,(H2,16,17,18). The second kappa shape index (κ2) is 8.75. The maximum atomic E-state index is 4.57. The Morgan fingerprint density at radius 1 is 1.16 bits per heavy atom. The van der Waals surface area contributed by atoms with Gasteiger partial charge in [-0.25, -0.2) is 4.98 Å². The molecule has 0 radical (unpaired) electrons. The highest BCUT2D eigenvalue weighted by molar-refractivity contribution is 5.45. The zero-order valence-electron chi connectivity index (χ0n) is 12.7. The first-order chi connectivity index (χ1) is 9.19. The van der Waals surface area contributed by atoms with Crippen molar-refractivity contribution in [2.45, 2.75) is 40.2 Å². The monoisotopic (exact) mass is 264 g/mol. The van der Waals surface area contributed by atoms with Crippen molar-refractivity contribution < 1.29 is 0 Å². The third-order valence-electron chi connectivity index (χ3n) is 3.13. The molecule has 0 aliphatic carbocycles. The van der Waals surface area contributed by atoms with Gasteiger partial charge >= 0.3 is 0 Å². The minimum absolute atomic E-state index is 0.397. The van der Waals surface area contributed by atoms with Crippen LogP contribution in [-0.2, 0) is 0 Å². The molecule has 0 aliphatic heterocycles. The number of nitrogens with zero attached hydrogens (tertiary/aromatic N) is 2. The molecule has 1 aromatic heterocycles. The molecule has 1 aromatic rings. The Bertz CT molecular complexity index is 350. The number of pyridine rings is 1. The normalized spacial score (nSPS) is 12.5. The van der Waals surface area contributed by atoms with Crippen molar-refractivity contribution in [1.29, 1.82) is 0 Å². The molecule has 0 bridgehead atoms. The van der Waals surface area contributed by atoms with Gasteiger partial charge in [0, 0.05) is 19.1 Å². The van der Waals surface area contributed by atoms with Crippen LogP contribution < -0.4 is 10.6 Å². The van der Waals surface area contributed by atoms with Crippen LogP contribution in [0.15, 0.2) is 18.2 Å². The van der Waals surface area contributed by atoms with E-state index in [9.17, 15) is 0 Å². The van der Waals surface area contributed by atoms with E-state index < -0.39 is 0 Å². The first-order valence-corrected chi connectivity index (χ1v) is 7.39. The number of likely N-dealkylation sites (N-methyl/N-ethyl adjacent to an activating group) is 1. The van der Waals surface area contributed by atoms with E-state index in [1.54, 1.807) is 0 Å². The van der Waals surface area contributed by atoms with E-state index >= 15 is 0 Å². The molecular weight excluding hydrogens is 236 g/mol. The fourth-order valence-electron chi connectivity index (χ4n) is 2.03. The first kappa shape index (κ1) is 15.8. The van der Waals surface area contributed by atoms with Crippen molar-refractivity contribution in [2.24, 2.45) is 0 Å². The molecule has 1 atom stereocenters. The van der Waals surface area contributed by atoms with Gasteiger partial charge in [0.2, 0.25) is 0 Å². The molecule has 19 heavy (non-hydrogen) atoms. The highest BCUT2D eigenvalue weighted by Crippen LogP contribution is 2.10. The molecule has 1 unspecified atom stereocenters. The summed E-state index contributed by atoms with van der Waals surface area (Å²) in [5.74, 6) is 1.89. The predicted molar refractivity (Wildman–Crippen MR) is 83.9 cm³/mol. The van der Waals surface area contributed by atoms with Gasteiger partial charge in [-0.05, 0) is 38.6 Å². The summed E-state index contributed by atoms with van der Waals surface area (Å²) in [5.41, 5.74) is 0. The van der Waals surface area contributed by atoms with E-state index in [0.29, 0.717) is 6.04 Å². The zero-order valence-corrected chi connectivity index (χ0v) is 12.7. The molecule has 0 fully saturated rings. The molecule has 0 amide bonds. The second-order valence-electron chi connectivity index (χ2n) is 4.87. The molecule has 0 aromatic carbocycles. The minimum Gasteiger partial charge on any atom is -0.370 e. The van der Waals surface area contributed by atoms with Crippen LogP contribution in [0.25, 0.3) is 0 Å². The Balaban J connectivity index is 2.51. The van der Waals surface area contributed by atoms with Crippen LogP contribution in [-0.4, -0.2) is 42.1 Å². The molecule has 2 N–H and O–H groups in total. The maximum absolute atomic E-state index is 4.57. The average Bonchev–Trinajstić information content (AvgIpc) is 2.43.